The van der Waals surface area contributed by atoms with Gasteiger partial charge in [0, 0.05) is 43.9 Å². The van der Waals surface area contributed by atoms with Crippen LogP contribution in [0.1, 0.15) is 25.7 Å². The summed E-state index contributed by atoms with van der Waals surface area (Å²) in [6, 6.07) is 17.3. The van der Waals surface area contributed by atoms with Crippen molar-refractivity contribution in [1.82, 2.24) is 14.7 Å². The summed E-state index contributed by atoms with van der Waals surface area (Å²) in [5, 5.41) is 5.84. The Morgan fingerprint density at radius 1 is 1.06 bits per heavy atom. The molecular weight excluding hydrogens is 494 g/mol. The largest absolute Gasteiger partial charge is 0.483 e. The van der Waals surface area contributed by atoms with Crippen LogP contribution in [0, 0.1) is 0 Å². The smallest absolute Gasteiger partial charge is 0.316 e. The van der Waals surface area contributed by atoms with Gasteiger partial charge < -0.3 is 19.4 Å². The van der Waals surface area contributed by atoms with Gasteiger partial charge in [-0.15, -0.1) is 0 Å². The molecule has 0 unspecified atom stereocenters. The minimum Gasteiger partial charge on any atom is -0.483 e. The lowest BCUT2D eigenvalue weighted by Crippen LogP contribution is -2.52. The first-order chi connectivity index (χ1) is 17.5. The molecule has 1 aliphatic heterocycles. The second-order valence-electron chi connectivity index (χ2n) is 9.23. The lowest BCUT2D eigenvalue weighted by molar-refractivity contribution is 0.205. The van der Waals surface area contributed by atoms with E-state index in [1.54, 1.807) is 18.3 Å². The summed E-state index contributed by atoms with van der Waals surface area (Å²) >= 11 is 12.0. The number of aromatic nitrogens is 2. The zero-order valence-electron chi connectivity index (χ0n) is 20.3. The number of benzene rings is 2. The fourth-order valence-electron chi connectivity index (χ4n) is 4.84. The highest BCUT2D eigenvalue weighted by atomic mass is 35.5. The van der Waals surface area contributed by atoms with Crippen LogP contribution in [0.3, 0.4) is 0 Å². The number of ether oxygens (including phenoxy) is 1. The molecule has 2 aromatic carbocycles. The Balaban J connectivity index is 1.37. The van der Waals surface area contributed by atoms with Crippen LogP contribution in [0.25, 0.3) is 5.69 Å². The Labute approximate surface area is 221 Å². The third kappa shape index (κ3) is 5.20. The monoisotopic (exact) mass is 523 g/mol. The molecule has 3 aromatic rings. The van der Waals surface area contributed by atoms with Crippen molar-refractivity contribution in [2.24, 2.45) is 0 Å². The summed E-state index contributed by atoms with van der Waals surface area (Å²) in [5.41, 5.74) is 2.16. The fraction of sp³-hybridized carbons (Fsp3) is 0.370. The molecule has 2 fully saturated rings. The molecule has 5 rings (SSSR count). The maximum atomic E-state index is 13.6. The molecule has 1 aromatic heterocycles. The van der Waals surface area contributed by atoms with Gasteiger partial charge >= 0.3 is 5.56 Å². The van der Waals surface area contributed by atoms with Crippen molar-refractivity contribution in [3.05, 3.63) is 76.2 Å². The predicted octanol–water partition coefficient (Wildman–Crippen LogP) is 4.75. The van der Waals surface area contributed by atoms with Crippen molar-refractivity contribution in [3.63, 3.8) is 0 Å². The van der Waals surface area contributed by atoms with Gasteiger partial charge in [-0.1, -0.05) is 35.9 Å². The summed E-state index contributed by atoms with van der Waals surface area (Å²) in [6.45, 7) is 2.92. The van der Waals surface area contributed by atoms with Crippen molar-refractivity contribution in [2.45, 2.75) is 31.8 Å². The molecule has 0 N–H and O–H groups in total. The second kappa shape index (κ2) is 10.9. The van der Waals surface area contributed by atoms with Crippen LogP contribution < -0.4 is 20.1 Å². The topological polar surface area (TPSA) is 53.8 Å². The molecule has 0 atom stereocenters. The Morgan fingerprint density at radius 2 is 1.78 bits per heavy atom. The Kier molecular flexibility index (Phi) is 7.43. The van der Waals surface area contributed by atoms with Crippen molar-refractivity contribution in [1.29, 1.82) is 0 Å². The Morgan fingerprint density at radius 3 is 2.47 bits per heavy atom. The van der Waals surface area contributed by atoms with Gasteiger partial charge in [-0.25, -0.2) is 0 Å². The Bertz CT molecular complexity index is 1270. The SMILES string of the molecule is CN(C(=S)N1CCN(c2cnn(-c3cccc(Cl)c3)c(=O)c2OC2CCCC2)CC1)c1ccccc1. The van der Waals surface area contributed by atoms with Crippen molar-refractivity contribution in [2.75, 3.05) is 43.0 Å². The van der Waals surface area contributed by atoms with E-state index in [1.165, 1.54) is 4.68 Å². The lowest BCUT2D eigenvalue weighted by Gasteiger charge is -2.39. The molecular formula is C27H30ClN5O2S. The number of anilines is 2. The highest BCUT2D eigenvalue weighted by Crippen LogP contribution is 2.30. The van der Waals surface area contributed by atoms with Crippen LogP contribution in [0.2, 0.25) is 5.02 Å². The van der Waals surface area contributed by atoms with E-state index in [0.29, 0.717) is 29.5 Å². The molecule has 2 heterocycles. The summed E-state index contributed by atoms with van der Waals surface area (Å²) in [6.07, 6.45) is 5.98. The molecule has 2 aliphatic rings. The highest BCUT2D eigenvalue weighted by molar-refractivity contribution is 7.80. The van der Waals surface area contributed by atoms with Crippen LogP contribution in [0.5, 0.6) is 5.75 Å². The number of halogens is 1. The number of hydrogen-bond acceptors (Lipinski definition) is 5. The third-order valence-electron chi connectivity index (χ3n) is 6.88. The van der Waals surface area contributed by atoms with Crippen LogP contribution in [-0.2, 0) is 0 Å². The molecule has 0 amide bonds. The van der Waals surface area contributed by atoms with Crippen LogP contribution >= 0.6 is 23.8 Å². The molecule has 7 nitrogen and oxygen atoms in total. The van der Waals surface area contributed by atoms with Gasteiger partial charge in [-0.2, -0.15) is 9.78 Å². The lowest BCUT2D eigenvalue weighted by atomic mass is 10.2. The average molecular weight is 524 g/mol. The fourth-order valence-corrected chi connectivity index (χ4v) is 5.32. The third-order valence-corrected chi connectivity index (χ3v) is 7.64. The van der Waals surface area contributed by atoms with Crippen molar-refractivity contribution >= 4 is 40.3 Å². The van der Waals surface area contributed by atoms with Crippen molar-refractivity contribution in [3.8, 4) is 11.4 Å². The van der Waals surface area contributed by atoms with Gasteiger partial charge in [0.2, 0.25) is 5.75 Å². The van der Waals surface area contributed by atoms with E-state index in [1.807, 2.05) is 42.3 Å². The van der Waals surface area contributed by atoms with E-state index >= 15 is 0 Å². The van der Waals surface area contributed by atoms with E-state index in [9.17, 15) is 4.79 Å². The van der Waals surface area contributed by atoms with E-state index in [4.69, 9.17) is 28.6 Å². The number of thiocarbonyl (C=S) groups is 1. The first-order valence-electron chi connectivity index (χ1n) is 12.4. The molecule has 0 radical (unpaired) electrons. The standard InChI is InChI=1S/C27H30ClN5O2S/c1-30(21-9-3-2-4-10-21)27(36)32-16-14-31(15-17-32)24-19-29-33(22-11-7-8-20(28)18-22)26(34)25(24)35-23-12-5-6-13-23/h2-4,7-11,18-19,23H,5-6,12-17H2,1H3. The molecule has 36 heavy (non-hydrogen) atoms. The Hall–Kier alpha value is -3.10. The van der Waals surface area contributed by atoms with E-state index in [2.05, 4.69) is 27.0 Å². The van der Waals surface area contributed by atoms with E-state index in [0.717, 1.165) is 55.3 Å². The van der Waals surface area contributed by atoms with E-state index in [-0.39, 0.29) is 11.7 Å². The van der Waals surface area contributed by atoms with Gasteiger partial charge in [0.05, 0.1) is 18.0 Å². The normalized spacial score (nSPS) is 16.3. The molecule has 0 spiro atoms. The minimum atomic E-state index is -0.261. The first-order valence-corrected chi connectivity index (χ1v) is 13.2. The van der Waals surface area contributed by atoms with Gasteiger partial charge in [0.25, 0.3) is 0 Å². The van der Waals surface area contributed by atoms with E-state index < -0.39 is 0 Å². The van der Waals surface area contributed by atoms with Gasteiger partial charge in [0.15, 0.2) is 5.11 Å². The zero-order chi connectivity index (χ0) is 25.1. The first kappa shape index (κ1) is 24.6. The van der Waals surface area contributed by atoms with Gasteiger partial charge in [-0.05, 0) is 68.2 Å². The predicted molar refractivity (Wildman–Crippen MR) is 149 cm³/mol. The highest BCUT2D eigenvalue weighted by Gasteiger charge is 2.28. The average Bonchev–Trinajstić information content (AvgIpc) is 3.43. The summed E-state index contributed by atoms with van der Waals surface area (Å²) in [4.78, 5) is 20.0. The maximum absolute atomic E-state index is 13.6. The summed E-state index contributed by atoms with van der Waals surface area (Å²) in [5.74, 6) is 0.370. The second-order valence-corrected chi connectivity index (χ2v) is 10.0. The molecule has 1 saturated heterocycles. The van der Waals surface area contributed by atoms with Crippen LogP contribution in [0.4, 0.5) is 11.4 Å². The van der Waals surface area contributed by atoms with Gasteiger partial charge in [-0.3, -0.25) is 4.79 Å². The molecule has 1 saturated carbocycles. The minimum absolute atomic E-state index is 0.0556. The molecule has 9 heteroatoms. The summed E-state index contributed by atoms with van der Waals surface area (Å²) < 4.78 is 7.73. The van der Waals surface area contributed by atoms with Crippen molar-refractivity contribution < 1.29 is 4.74 Å². The number of nitrogens with zero attached hydrogens (tertiary/aromatic N) is 5. The van der Waals surface area contributed by atoms with Crippen LogP contribution in [0.15, 0.2) is 65.6 Å². The number of para-hydroxylation sites is 1. The number of rotatable bonds is 5. The zero-order valence-corrected chi connectivity index (χ0v) is 21.9. The molecule has 188 valence electrons. The number of hydrogen-bond donors (Lipinski definition) is 0. The molecule has 1 aliphatic carbocycles. The number of piperazine rings is 1. The van der Waals surface area contributed by atoms with Gasteiger partial charge in [0.1, 0.15) is 5.69 Å². The van der Waals surface area contributed by atoms with Crippen LogP contribution in [-0.4, -0.2) is 59.1 Å². The molecule has 0 bridgehead atoms. The summed E-state index contributed by atoms with van der Waals surface area (Å²) in [7, 11) is 2.00. The maximum Gasteiger partial charge on any atom is 0.316 e. The quantitative estimate of drug-likeness (QED) is 0.447.